The van der Waals surface area contributed by atoms with E-state index in [9.17, 15) is 19.2 Å². The zero-order valence-corrected chi connectivity index (χ0v) is 47.9. The maximum atomic E-state index is 13.6. The Hall–Kier alpha value is -2.20. The molecule has 0 fully saturated rings. The van der Waals surface area contributed by atoms with Gasteiger partial charge in [0.25, 0.3) is 0 Å². The number of carbonyl (C=O) groups excluding carboxylic acids is 4. The summed E-state index contributed by atoms with van der Waals surface area (Å²) in [6.45, 7) is 50.9. The van der Waals surface area contributed by atoms with Crippen LogP contribution in [0.15, 0.2) is 0 Å². The molecule has 0 radical (unpaired) electrons. The van der Waals surface area contributed by atoms with Crippen LogP contribution in [0.4, 0.5) is 0 Å². The van der Waals surface area contributed by atoms with Crippen molar-refractivity contribution in [2.24, 2.45) is 49.2 Å². The first-order chi connectivity index (χ1) is 29.4. The number of nitrogens with zero attached hydrogens (tertiary/aromatic N) is 2. The van der Waals surface area contributed by atoms with Crippen molar-refractivity contribution in [3.63, 3.8) is 0 Å². The molecular weight excluding hydrogens is 829 g/mol. The van der Waals surface area contributed by atoms with Crippen LogP contribution in [0.1, 0.15) is 210 Å². The van der Waals surface area contributed by atoms with Gasteiger partial charge in [-0.1, -0.05) is 152 Å². The van der Waals surface area contributed by atoms with Crippen molar-refractivity contribution in [2.75, 3.05) is 79.8 Å². The van der Waals surface area contributed by atoms with E-state index >= 15 is 0 Å². The van der Waals surface area contributed by atoms with E-state index in [1.807, 2.05) is 0 Å². The molecule has 0 saturated heterocycles. The van der Waals surface area contributed by atoms with E-state index in [-0.39, 0.29) is 92.9 Å². The highest BCUT2D eigenvalue weighted by atomic mass is 16.5. The zero-order chi connectivity index (χ0) is 51.9. The quantitative estimate of drug-likeness (QED) is 0.0398. The van der Waals surface area contributed by atoms with E-state index in [2.05, 4.69) is 159 Å². The minimum Gasteiger partial charge on any atom is -0.465 e. The van der Waals surface area contributed by atoms with Crippen LogP contribution in [0.3, 0.4) is 0 Å². The van der Waals surface area contributed by atoms with Gasteiger partial charge in [0.15, 0.2) is 0 Å². The Morgan fingerprint density at radius 3 is 0.864 bits per heavy atom. The van der Waals surface area contributed by atoms with E-state index in [4.69, 9.17) is 18.9 Å². The first-order valence-corrected chi connectivity index (χ1v) is 25.7. The fourth-order valence-corrected chi connectivity index (χ4v) is 10.8. The topological polar surface area (TPSA) is 105 Å². The van der Waals surface area contributed by atoms with Gasteiger partial charge in [-0.25, -0.2) is 0 Å². The molecule has 10 nitrogen and oxygen atoms in total. The van der Waals surface area contributed by atoms with Gasteiger partial charge in [0.2, 0.25) is 0 Å². The van der Waals surface area contributed by atoms with Crippen LogP contribution in [0.25, 0.3) is 0 Å². The van der Waals surface area contributed by atoms with Crippen molar-refractivity contribution in [2.45, 2.75) is 210 Å². The summed E-state index contributed by atoms with van der Waals surface area (Å²) < 4.78 is 24.7. The zero-order valence-electron chi connectivity index (χ0n) is 47.9. The van der Waals surface area contributed by atoms with Crippen LogP contribution in [-0.4, -0.2) is 113 Å². The average Bonchev–Trinajstić information content (AvgIpc) is 3.11. The molecule has 0 spiro atoms. The van der Waals surface area contributed by atoms with Gasteiger partial charge in [0, 0.05) is 11.8 Å². The van der Waals surface area contributed by atoms with Crippen molar-refractivity contribution < 1.29 is 47.1 Å². The molecule has 0 heterocycles. The SMILES string of the molecule is CCC(C)C(C)(COC(=O)CC[N+](C)(CCC[N+](C)(CCC(=O)OCC(C)(C)CC(C)(C)C)CCC(=O)OCC(C)(C)CC(C)(C)C)CCC(=O)OCC(C)(C)CC(C)(C)C)CC(C)(C)C. The number of quaternary nitrogens is 2. The molecule has 0 rings (SSSR count). The van der Waals surface area contributed by atoms with Gasteiger partial charge in [0.05, 0.1) is 105 Å². The van der Waals surface area contributed by atoms with Crippen molar-refractivity contribution >= 4 is 23.9 Å². The molecule has 0 aromatic heterocycles. The number of ether oxygens (including phenoxy) is 4. The molecule has 0 aliphatic rings. The van der Waals surface area contributed by atoms with E-state index in [1.54, 1.807) is 0 Å². The number of rotatable bonds is 30. The van der Waals surface area contributed by atoms with E-state index in [0.717, 1.165) is 38.5 Å². The normalized spacial score (nSPS) is 15.9. The number of carbonyl (C=O) groups is 4. The van der Waals surface area contributed by atoms with Gasteiger partial charge in [0.1, 0.15) is 0 Å². The average molecular weight is 940 g/mol. The van der Waals surface area contributed by atoms with Gasteiger partial charge >= 0.3 is 23.9 Å². The second-order valence-electron chi connectivity index (χ2n) is 29.0. The minimum absolute atomic E-state index is 0.0935. The highest BCUT2D eigenvalue weighted by molar-refractivity contribution is 5.70. The van der Waals surface area contributed by atoms with E-state index in [0.29, 0.717) is 80.6 Å². The molecule has 0 aromatic carbocycles. The maximum absolute atomic E-state index is 13.6. The fourth-order valence-electron chi connectivity index (χ4n) is 10.8. The highest BCUT2D eigenvalue weighted by Crippen LogP contribution is 2.41. The predicted molar refractivity (Wildman–Crippen MR) is 274 cm³/mol. The molecule has 0 amide bonds. The Kier molecular flexibility index (Phi) is 24.7. The Bertz CT molecular complexity index is 1440. The van der Waals surface area contributed by atoms with Crippen molar-refractivity contribution in [1.29, 1.82) is 0 Å². The summed E-state index contributed by atoms with van der Waals surface area (Å²) >= 11 is 0. The van der Waals surface area contributed by atoms with Crippen LogP contribution in [0.5, 0.6) is 0 Å². The molecule has 3 atom stereocenters. The summed E-state index contributed by atoms with van der Waals surface area (Å²) in [6.07, 6.45) is 6.40. The third-order valence-corrected chi connectivity index (χ3v) is 13.0. The highest BCUT2D eigenvalue weighted by Gasteiger charge is 2.37. The second kappa shape index (κ2) is 25.6. The Balaban J connectivity index is 6.32. The van der Waals surface area contributed by atoms with Crippen molar-refractivity contribution in [3.8, 4) is 0 Å². The van der Waals surface area contributed by atoms with Gasteiger partial charge in [-0.15, -0.1) is 0 Å². The second-order valence-corrected chi connectivity index (χ2v) is 29.0. The molecule has 0 N–H and O–H groups in total. The molecule has 10 heteroatoms. The van der Waals surface area contributed by atoms with Crippen LogP contribution in [0.2, 0.25) is 0 Å². The molecule has 0 aliphatic heterocycles. The van der Waals surface area contributed by atoms with Crippen LogP contribution >= 0.6 is 0 Å². The third kappa shape index (κ3) is 31.0. The fraction of sp³-hybridized carbons (Fsp3) is 0.929. The van der Waals surface area contributed by atoms with Crippen molar-refractivity contribution in [3.05, 3.63) is 0 Å². The van der Waals surface area contributed by atoms with E-state index < -0.39 is 0 Å². The maximum Gasteiger partial charge on any atom is 0.311 e. The molecule has 3 unspecified atom stereocenters. The van der Waals surface area contributed by atoms with Gasteiger partial charge in [-0.3, -0.25) is 19.2 Å². The number of hydrogen-bond acceptors (Lipinski definition) is 8. The Morgan fingerprint density at radius 1 is 0.394 bits per heavy atom. The lowest BCUT2D eigenvalue weighted by molar-refractivity contribution is -0.927. The first-order valence-electron chi connectivity index (χ1n) is 25.7. The molecule has 0 aromatic rings. The van der Waals surface area contributed by atoms with E-state index in [1.165, 1.54) is 0 Å². The summed E-state index contributed by atoms with van der Waals surface area (Å²) in [6, 6.07) is 0. The monoisotopic (exact) mass is 939 g/mol. The molecular formula is C56H110N2O8+2. The molecule has 0 aliphatic carbocycles. The summed E-state index contributed by atoms with van der Waals surface area (Å²) in [5, 5.41) is 0. The number of hydrogen-bond donors (Lipinski definition) is 0. The molecule has 66 heavy (non-hydrogen) atoms. The molecule has 0 saturated carbocycles. The smallest absolute Gasteiger partial charge is 0.311 e. The summed E-state index contributed by atoms with van der Waals surface area (Å²) in [7, 11) is 4.22. The standard InChI is InChI=1S/C56H110N2O8/c1-24-44(2)56(21,39-52(12,13)14)43-66-48(62)29-35-58(23,34-28-47(61)65-42-55(19,20)38-51(9,10)11)31-25-30-57(22,32-26-45(59)63-40-53(15,16)36-49(3,4)5)33-27-46(60)64-41-54(17,18)37-50(6,7)8/h44H,24-43H2,1-23H3/q+2. The lowest BCUT2D eigenvalue weighted by atomic mass is 9.68. The summed E-state index contributed by atoms with van der Waals surface area (Å²) in [5.41, 5.74) is -0.175. The largest absolute Gasteiger partial charge is 0.465 e. The number of esters is 4. The van der Waals surface area contributed by atoms with Crippen molar-refractivity contribution in [1.82, 2.24) is 0 Å². The minimum atomic E-state index is -0.233. The first kappa shape index (κ1) is 63.8. The van der Waals surface area contributed by atoms with Gasteiger partial charge in [-0.05, 0) is 69.5 Å². The predicted octanol–water partition coefficient (Wildman–Crippen LogP) is 12.9. The lowest BCUT2D eigenvalue weighted by Gasteiger charge is -2.40. The van der Waals surface area contributed by atoms with Gasteiger partial charge < -0.3 is 27.9 Å². The summed E-state index contributed by atoms with van der Waals surface area (Å²) in [4.78, 5) is 53.5. The third-order valence-electron chi connectivity index (χ3n) is 13.0. The van der Waals surface area contributed by atoms with Crippen LogP contribution in [-0.2, 0) is 38.1 Å². The molecule has 0 bridgehead atoms. The Morgan fingerprint density at radius 2 is 0.636 bits per heavy atom. The molecule has 390 valence electrons. The van der Waals surface area contributed by atoms with Crippen LogP contribution in [0, 0.1) is 49.2 Å². The summed E-state index contributed by atoms with van der Waals surface area (Å²) in [5.74, 6) is -0.527. The van der Waals surface area contributed by atoms with Gasteiger partial charge in [-0.2, -0.15) is 0 Å². The van der Waals surface area contributed by atoms with Crippen LogP contribution < -0.4 is 0 Å². The lowest BCUT2D eigenvalue weighted by Crippen LogP contribution is -2.52. The Labute approximate surface area is 408 Å².